The Morgan fingerprint density at radius 1 is 0.824 bits per heavy atom. The summed E-state index contributed by atoms with van der Waals surface area (Å²) in [5.41, 5.74) is 0.533. The van der Waals surface area contributed by atoms with Gasteiger partial charge in [-0.2, -0.15) is 0 Å². The van der Waals surface area contributed by atoms with Crippen molar-refractivity contribution in [3.05, 3.63) is 99.5 Å². The van der Waals surface area contributed by atoms with E-state index in [-0.39, 0.29) is 5.56 Å². The van der Waals surface area contributed by atoms with Crippen LogP contribution in [0.25, 0.3) is 17.1 Å². The zero-order valence-corrected chi connectivity index (χ0v) is 18.2. The van der Waals surface area contributed by atoms with E-state index in [1.807, 2.05) is 35.2 Å². The van der Waals surface area contributed by atoms with Crippen molar-refractivity contribution in [3.63, 3.8) is 0 Å². The summed E-state index contributed by atoms with van der Waals surface area (Å²) in [6.07, 6.45) is 2.90. The first-order valence-corrected chi connectivity index (χ1v) is 10.8. The standard InChI is InChI=1S/C24H21N7O3/c32-22(18-16-26-24(34)31(23(18)33)17-6-2-1-3-7-17)30-14-12-29(13-15-30)21-10-9-20(27-28-21)19-8-4-5-11-25-19/h1-11,16H,12-15H2,(H,26,34). The number of anilines is 1. The first-order chi connectivity index (χ1) is 16.6. The Hall–Kier alpha value is -4.60. The van der Waals surface area contributed by atoms with Crippen molar-refractivity contribution in [3.8, 4) is 17.1 Å². The number of hydrogen-bond acceptors (Lipinski definition) is 7. The second-order valence-corrected chi connectivity index (χ2v) is 7.75. The molecule has 1 aliphatic rings. The topological polar surface area (TPSA) is 117 Å². The van der Waals surface area contributed by atoms with Gasteiger partial charge in [-0.25, -0.2) is 9.36 Å². The largest absolute Gasteiger partial charge is 0.352 e. The summed E-state index contributed by atoms with van der Waals surface area (Å²) < 4.78 is 0.974. The highest BCUT2D eigenvalue weighted by atomic mass is 16.2. The molecule has 0 spiro atoms. The van der Waals surface area contributed by atoms with Crippen LogP contribution >= 0.6 is 0 Å². The molecule has 3 aromatic heterocycles. The fraction of sp³-hybridized carbons (Fsp3) is 0.167. The van der Waals surface area contributed by atoms with Crippen LogP contribution in [0.2, 0.25) is 0 Å². The van der Waals surface area contributed by atoms with E-state index in [1.54, 1.807) is 41.4 Å². The molecular weight excluding hydrogens is 434 g/mol. The molecule has 0 bridgehead atoms. The molecule has 1 aliphatic heterocycles. The minimum Gasteiger partial charge on any atom is -0.352 e. The molecule has 1 fully saturated rings. The first-order valence-electron chi connectivity index (χ1n) is 10.8. The van der Waals surface area contributed by atoms with Gasteiger partial charge in [-0.05, 0) is 36.4 Å². The Morgan fingerprint density at radius 2 is 1.59 bits per heavy atom. The number of amides is 1. The third-order valence-electron chi connectivity index (χ3n) is 5.69. The quantitative estimate of drug-likeness (QED) is 0.493. The number of H-pyrrole nitrogens is 1. The van der Waals surface area contributed by atoms with Crippen molar-refractivity contribution < 1.29 is 4.79 Å². The molecule has 4 aromatic rings. The van der Waals surface area contributed by atoms with Crippen LogP contribution in [0.15, 0.2) is 82.6 Å². The molecule has 1 amide bonds. The summed E-state index contributed by atoms with van der Waals surface area (Å²) in [7, 11) is 0. The Bertz CT molecular complexity index is 1410. The number of hydrogen-bond donors (Lipinski definition) is 1. The van der Waals surface area contributed by atoms with E-state index < -0.39 is 17.2 Å². The highest BCUT2D eigenvalue weighted by Gasteiger charge is 2.26. The van der Waals surface area contributed by atoms with Crippen molar-refractivity contribution in [2.75, 3.05) is 31.1 Å². The van der Waals surface area contributed by atoms with Crippen LogP contribution in [0.3, 0.4) is 0 Å². The number of nitrogens with one attached hydrogen (secondary N) is 1. The molecule has 0 radical (unpaired) electrons. The average molecular weight is 455 g/mol. The van der Waals surface area contributed by atoms with E-state index in [0.29, 0.717) is 43.4 Å². The highest BCUT2D eigenvalue weighted by molar-refractivity contribution is 5.93. The number of pyridine rings is 1. The molecule has 10 nitrogen and oxygen atoms in total. The van der Waals surface area contributed by atoms with Gasteiger partial charge in [-0.3, -0.25) is 14.6 Å². The fourth-order valence-corrected chi connectivity index (χ4v) is 3.89. The van der Waals surface area contributed by atoms with Crippen LogP contribution in [-0.4, -0.2) is 61.7 Å². The van der Waals surface area contributed by atoms with Crippen LogP contribution in [-0.2, 0) is 0 Å². The van der Waals surface area contributed by atoms with Crippen LogP contribution in [0, 0.1) is 0 Å². The molecule has 4 heterocycles. The van der Waals surface area contributed by atoms with Gasteiger partial charge in [0.2, 0.25) is 0 Å². The van der Waals surface area contributed by atoms with Crippen LogP contribution < -0.4 is 16.1 Å². The number of para-hydroxylation sites is 1. The molecule has 5 rings (SSSR count). The van der Waals surface area contributed by atoms with Gasteiger partial charge in [0.1, 0.15) is 11.3 Å². The predicted molar refractivity (Wildman–Crippen MR) is 126 cm³/mol. The highest BCUT2D eigenvalue weighted by Crippen LogP contribution is 2.18. The molecule has 10 heteroatoms. The van der Waals surface area contributed by atoms with E-state index >= 15 is 0 Å². The number of carbonyl (C=O) groups excluding carboxylic acids is 1. The second kappa shape index (κ2) is 9.10. The predicted octanol–water partition coefficient (Wildman–Crippen LogP) is 1.34. The number of aromatic nitrogens is 5. The van der Waals surface area contributed by atoms with Gasteiger partial charge < -0.3 is 14.8 Å². The first kappa shape index (κ1) is 21.3. The second-order valence-electron chi connectivity index (χ2n) is 7.75. The SMILES string of the molecule is O=C(c1c[nH]c(=O)n(-c2ccccc2)c1=O)N1CCN(c2ccc(-c3ccccn3)nn2)CC1. The normalized spacial score (nSPS) is 13.6. The van der Waals surface area contributed by atoms with Crippen molar-refractivity contribution in [1.82, 2.24) is 29.6 Å². The Balaban J connectivity index is 1.30. The maximum absolute atomic E-state index is 13.1. The van der Waals surface area contributed by atoms with Crippen molar-refractivity contribution in [2.45, 2.75) is 0 Å². The molecule has 34 heavy (non-hydrogen) atoms. The van der Waals surface area contributed by atoms with Crippen molar-refractivity contribution in [2.24, 2.45) is 0 Å². The van der Waals surface area contributed by atoms with E-state index in [2.05, 4.69) is 20.2 Å². The zero-order valence-electron chi connectivity index (χ0n) is 18.2. The lowest BCUT2D eigenvalue weighted by atomic mass is 10.2. The molecule has 170 valence electrons. The molecule has 0 atom stereocenters. The summed E-state index contributed by atoms with van der Waals surface area (Å²) in [6, 6.07) is 17.9. The van der Waals surface area contributed by atoms with Gasteiger partial charge in [0.25, 0.3) is 11.5 Å². The Morgan fingerprint density at radius 3 is 2.26 bits per heavy atom. The van der Waals surface area contributed by atoms with Gasteiger partial charge in [0, 0.05) is 38.6 Å². The number of piperazine rings is 1. The van der Waals surface area contributed by atoms with E-state index in [0.717, 1.165) is 10.3 Å². The molecule has 1 N–H and O–H groups in total. The summed E-state index contributed by atoms with van der Waals surface area (Å²) in [5.74, 6) is 0.296. The lowest BCUT2D eigenvalue weighted by Crippen LogP contribution is -2.50. The molecular formula is C24H21N7O3. The lowest BCUT2D eigenvalue weighted by molar-refractivity contribution is 0.0743. The Labute approximate surface area is 194 Å². The monoisotopic (exact) mass is 455 g/mol. The summed E-state index contributed by atoms with van der Waals surface area (Å²) in [6.45, 7) is 1.90. The zero-order chi connectivity index (χ0) is 23.5. The average Bonchev–Trinajstić information content (AvgIpc) is 2.90. The van der Waals surface area contributed by atoms with Gasteiger partial charge in [-0.15, -0.1) is 10.2 Å². The fourth-order valence-electron chi connectivity index (χ4n) is 3.89. The molecule has 1 saturated heterocycles. The van der Waals surface area contributed by atoms with Gasteiger partial charge in [-0.1, -0.05) is 24.3 Å². The molecule has 0 unspecified atom stereocenters. The minimum atomic E-state index is -0.640. The number of benzene rings is 1. The minimum absolute atomic E-state index is 0.0728. The van der Waals surface area contributed by atoms with Crippen LogP contribution in [0.5, 0.6) is 0 Å². The van der Waals surface area contributed by atoms with Crippen LogP contribution in [0.4, 0.5) is 5.82 Å². The van der Waals surface area contributed by atoms with Crippen molar-refractivity contribution >= 4 is 11.7 Å². The maximum atomic E-state index is 13.1. The van der Waals surface area contributed by atoms with Crippen LogP contribution in [0.1, 0.15) is 10.4 Å². The van der Waals surface area contributed by atoms with E-state index in [9.17, 15) is 14.4 Å². The van der Waals surface area contributed by atoms with E-state index in [4.69, 9.17) is 0 Å². The number of aromatic amines is 1. The summed E-state index contributed by atoms with van der Waals surface area (Å²) in [5, 5.41) is 8.59. The van der Waals surface area contributed by atoms with Gasteiger partial charge >= 0.3 is 5.69 Å². The van der Waals surface area contributed by atoms with Crippen molar-refractivity contribution in [1.29, 1.82) is 0 Å². The molecule has 0 saturated carbocycles. The summed E-state index contributed by atoms with van der Waals surface area (Å²) in [4.78, 5) is 48.8. The van der Waals surface area contributed by atoms with Gasteiger partial charge in [0.05, 0.1) is 11.4 Å². The Kier molecular flexibility index (Phi) is 5.69. The lowest BCUT2D eigenvalue weighted by Gasteiger charge is -2.35. The third kappa shape index (κ3) is 4.08. The number of carbonyl (C=O) groups is 1. The van der Waals surface area contributed by atoms with E-state index in [1.165, 1.54) is 6.20 Å². The smallest absolute Gasteiger partial charge is 0.333 e. The molecule has 1 aromatic carbocycles. The number of rotatable bonds is 4. The van der Waals surface area contributed by atoms with Gasteiger partial charge in [0.15, 0.2) is 5.82 Å². The third-order valence-corrected chi connectivity index (χ3v) is 5.69. The summed E-state index contributed by atoms with van der Waals surface area (Å²) >= 11 is 0. The number of nitrogens with zero attached hydrogens (tertiary/aromatic N) is 6. The molecule has 0 aliphatic carbocycles. The maximum Gasteiger partial charge on any atom is 0.333 e.